The lowest BCUT2D eigenvalue weighted by Crippen LogP contribution is -2.26. The highest BCUT2D eigenvalue weighted by atomic mass is 32.2. The topological polar surface area (TPSA) is 67.3 Å². The van der Waals surface area contributed by atoms with Crippen molar-refractivity contribution in [2.75, 3.05) is 25.1 Å². The fraction of sp³-hybridized carbons (Fsp3) is 0.346. The van der Waals surface area contributed by atoms with Crippen LogP contribution < -0.4 is 10.2 Å². The molecule has 33 heavy (non-hydrogen) atoms. The predicted molar refractivity (Wildman–Crippen MR) is 133 cm³/mol. The van der Waals surface area contributed by atoms with Crippen LogP contribution in [0.3, 0.4) is 0 Å². The van der Waals surface area contributed by atoms with Gasteiger partial charge in [-0.25, -0.2) is 9.97 Å². The highest BCUT2D eigenvalue weighted by Crippen LogP contribution is 2.25. The van der Waals surface area contributed by atoms with Gasteiger partial charge in [-0.1, -0.05) is 54.2 Å². The number of aromatic nitrogens is 2. The van der Waals surface area contributed by atoms with Gasteiger partial charge in [0.1, 0.15) is 5.82 Å². The van der Waals surface area contributed by atoms with Crippen molar-refractivity contribution >= 4 is 23.5 Å². The molecule has 0 spiro atoms. The van der Waals surface area contributed by atoms with Gasteiger partial charge in [-0.15, -0.1) is 0 Å². The fourth-order valence-electron chi connectivity index (χ4n) is 3.91. The van der Waals surface area contributed by atoms with Crippen molar-refractivity contribution < 1.29 is 9.53 Å². The van der Waals surface area contributed by atoms with Crippen molar-refractivity contribution in [2.45, 2.75) is 43.3 Å². The molecule has 7 heteroatoms. The van der Waals surface area contributed by atoms with Crippen LogP contribution in [-0.4, -0.2) is 36.1 Å². The minimum absolute atomic E-state index is 0.0577. The molecule has 1 aliphatic rings. The Hall–Kier alpha value is -2.90. The Kier molecular flexibility index (Phi) is 7.96. The van der Waals surface area contributed by atoms with E-state index in [2.05, 4.69) is 15.2 Å². The van der Waals surface area contributed by atoms with Crippen LogP contribution in [0.5, 0.6) is 0 Å². The molecule has 4 rings (SSSR count). The van der Waals surface area contributed by atoms with Crippen LogP contribution in [0.2, 0.25) is 0 Å². The Morgan fingerprint density at radius 3 is 2.64 bits per heavy atom. The molecule has 1 N–H and O–H groups in total. The van der Waals surface area contributed by atoms with E-state index >= 15 is 0 Å². The van der Waals surface area contributed by atoms with Crippen molar-refractivity contribution in [3.05, 3.63) is 83.0 Å². The van der Waals surface area contributed by atoms with Gasteiger partial charge in [0, 0.05) is 37.6 Å². The number of benzene rings is 2. The average molecular weight is 463 g/mol. The number of methoxy groups -OCH3 is 1. The number of ether oxygens (including phenoxy) is 1. The third-order valence-electron chi connectivity index (χ3n) is 5.67. The summed E-state index contributed by atoms with van der Waals surface area (Å²) in [6, 6.07) is 19.7. The molecule has 0 radical (unpaired) electrons. The summed E-state index contributed by atoms with van der Waals surface area (Å²) in [5.74, 6) is 1.58. The van der Waals surface area contributed by atoms with Gasteiger partial charge in [-0.3, -0.25) is 4.79 Å². The first-order valence-electron chi connectivity index (χ1n) is 11.3. The van der Waals surface area contributed by atoms with E-state index in [1.807, 2.05) is 67.6 Å². The maximum atomic E-state index is 12.8. The lowest BCUT2D eigenvalue weighted by atomic mass is 10.1. The third kappa shape index (κ3) is 6.33. The molecule has 0 bridgehead atoms. The Morgan fingerprint density at radius 2 is 1.88 bits per heavy atom. The number of carbonyl (C=O) groups excluding carboxylic acids is 1. The molecule has 0 saturated carbocycles. The molecule has 1 aliphatic heterocycles. The van der Waals surface area contributed by atoms with Crippen LogP contribution in [0.4, 0.5) is 5.82 Å². The molecular weight excluding hydrogens is 432 g/mol. The zero-order valence-electron chi connectivity index (χ0n) is 19.2. The molecule has 1 saturated heterocycles. The molecule has 6 nitrogen and oxygen atoms in total. The van der Waals surface area contributed by atoms with Gasteiger partial charge in [-0.2, -0.15) is 0 Å². The molecule has 3 aromatic rings. The Morgan fingerprint density at radius 1 is 1.09 bits per heavy atom. The van der Waals surface area contributed by atoms with Gasteiger partial charge in [0.2, 0.25) is 0 Å². The first-order valence-corrected chi connectivity index (χ1v) is 12.3. The Labute approximate surface area is 199 Å². The number of hydrogen-bond acceptors (Lipinski definition) is 6. The molecule has 1 atom stereocenters. The number of amides is 1. The second-order valence-electron chi connectivity index (χ2n) is 8.22. The van der Waals surface area contributed by atoms with Crippen molar-refractivity contribution in [1.29, 1.82) is 0 Å². The van der Waals surface area contributed by atoms with Crippen LogP contribution in [0.15, 0.2) is 65.8 Å². The third-order valence-corrected chi connectivity index (χ3v) is 6.59. The van der Waals surface area contributed by atoms with E-state index in [1.54, 1.807) is 18.9 Å². The minimum atomic E-state index is -0.0761. The summed E-state index contributed by atoms with van der Waals surface area (Å²) in [5.41, 5.74) is 3.69. The second kappa shape index (κ2) is 11.3. The van der Waals surface area contributed by atoms with Crippen LogP contribution in [0, 0.1) is 0 Å². The van der Waals surface area contributed by atoms with Crippen LogP contribution >= 0.6 is 11.8 Å². The van der Waals surface area contributed by atoms with E-state index in [4.69, 9.17) is 9.72 Å². The van der Waals surface area contributed by atoms with Crippen molar-refractivity contribution in [1.82, 2.24) is 15.3 Å². The maximum absolute atomic E-state index is 12.8. The van der Waals surface area contributed by atoms with E-state index < -0.39 is 0 Å². The highest BCUT2D eigenvalue weighted by Gasteiger charge is 2.17. The number of nitrogens with zero attached hydrogens (tertiary/aromatic N) is 3. The van der Waals surface area contributed by atoms with Gasteiger partial charge in [0.25, 0.3) is 5.91 Å². The molecule has 2 heterocycles. The maximum Gasteiger partial charge on any atom is 0.251 e. The number of nitrogens with one attached hydrogen (secondary N) is 1. The molecular formula is C26H30N4O2S. The van der Waals surface area contributed by atoms with E-state index in [-0.39, 0.29) is 11.9 Å². The van der Waals surface area contributed by atoms with Gasteiger partial charge >= 0.3 is 0 Å². The largest absolute Gasteiger partial charge is 0.378 e. The van der Waals surface area contributed by atoms with E-state index in [0.29, 0.717) is 17.9 Å². The summed E-state index contributed by atoms with van der Waals surface area (Å²) < 4.78 is 5.31. The number of anilines is 1. The minimum Gasteiger partial charge on any atom is -0.378 e. The van der Waals surface area contributed by atoms with Crippen LogP contribution in [0.25, 0.3) is 0 Å². The molecule has 172 valence electrons. The van der Waals surface area contributed by atoms with Crippen molar-refractivity contribution in [3.8, 4) is 0 Å². The number of rotatable bonds is 9. The summed E-state index contributed by atoms with van der Waals surface area (Å²) in [7, 11) is 1.68. The van der Waals surface area contributed by atoms with Crippen molar-refractivity contribution in [2.24, 2.45) is 0 Å². The average Bonchev–Trinajstić information content (AvgIpc) is 3.39. The number of hydrogen-bond donors (Lipinski definition) is 1. The lowest BCUT2D eigenvalue weighted by molar-refractivity contribution is 0.0940. The predicted octanol–water partition coefficient (Wildman–Crippen LogP) is 5.01. The second-order valence-corrected chi connectivity index (χ2v) is 9.16. The molecule has 1 unspecified atom stereocenters. The van der Waals surface area contributed by atoms with Gasteiger partial charge in [0.15, 0.2) is 5.16 Å². The summed E-state index contributed by atoms with van der Waals surface area (Å²) in [5, 5.41) is 3.82. The van der Waals surface area contributed by atoms with Crippen molar-refractivity contribution in [3.63, 3.8) is 0 Å². The lowest BCUT2D eigenvalue weighted by Gasteiger charge is -2.18. The smallest absolute Gasteiger partial charge is 0.251 e. The Balaban J connectivity index is 1.42. The number of thioether (sulfide) groups is 1. The van der Waals surface area contributed by atoms with Crippen LogP contribution in [0.1, 0.15) is 53.0 Å². The summed E-state index contributed by atoms with van der Waals surface area (Å²) in [4.78, 5) is 24.6. The first-order chi connectivity index (χ1) is 16.1. The molecule has 1 amide bonds. The standard InChI is InChI=1S/C26H30N4O2S/c1-19(21-10-4-3-5-11-21)27-25(31)22-12-8-9-20(15-22)18-33-26-28-23(17-32-2)16-24(29-26)30-13-6-7-14-30/h3-5,8-12,15-16,19H,6-7,13-14,17-18H2,1-2H3,(H,27,31). The fourth-order valence-corrected chi connectivity index (χ4v) is 4.72. The molecule has 1 fully saturated rings. The quantitative estimate of drug-likeness (QED) is 0.356. The Bertz CT molecular complexity index is 1070. The van der Waals surface area contributed by atoms with Crippen LogP contribution in [-0.2, 0) is 17.1 Å². The normalized spacial score (nSPS) is 14.3. The van der Waals surface area contributed by atoms with E-state index in [1.165, 1.54) is 12.8 Å². The molecule has 1 aromatic heterocycles. The monoisotopic (exact) mass is 462 g/mol. The first kappa shape index (κ1) is 23.3. The summed E-state index contributed by atoms with van der Waals surface area (Å²) in [6.07, 6.45) is 2.40. The summed E-state index contributed by atoms with van der Waals surface area (Å²) in [6.45, 7) is 4.53. The van der Waals surface area contributed by atoms with Gasteiger partial charge in [-0.05, 0) is 43.0 Å². The SMILES string of the molecule is COCc1cc(N2CCCC2)nc(SCc2cccc(C(=O)NC(C)c3ccccc3)c2)n1. The molecule has 0 aliphatic carbocycles. The van der Waals surface area contributed by atoms with E-state index in [0.717, 1.165) is 40.9 Å². The van der Waals surface area contributed by atoms with Gasteiger partial charge < -0.3 is 15.0 Å². The zero-order valence-corrected chi connectivity index (χ0v) is 20.0. The highest BCUT2D eigenvalue weighted by molar-refractivity contribution is 7.98. The van der Waals surface area contributed by atoms with E-state index in [9.17, 15) is 4.79 Å². The summed E-state index contributed by atoms with van der Waals surface area (Å²) >= 11 is 1.58. The molecule has 2 aromatic carbocycles. The van der Waals surface area contributed by atoms with Gasteiger partial charge in [0.05, 0.1) is 18.3 Å². The number of carbonyl (C=O) groups is 1. The zero-order chi connectivity index (χ0) is 23.0.